The summed E-state index contributed by atoms with van der Waals surface area (Å²) in [5, 5.41) is 6.97. The second-order valence-electron chi connectivity index (χ2n) is 8.52. The molecule has 0 radical (unpaired) electrons. The van der Waals surface area contributed by atoms with Crippen molar-refractivity contribution in [3.8, 4) is 0 Å². The number of benzene rings is 1. The Kier molecular flexibility index (Phi) is 7.92. The number of nitrogens with zero attached hydrogens (tertiary/aromatic N) is 3. The second kappa shape index (κ2) is 10.6. The fourth-order valence-corrected chi connectivity index (χ4v) is 4.18. The molecule has 2 heterocycles. The summed E-state index contributed by atoms with van der Waals surface area (Å²) in [6, 6.07) is 9.08. The zero-order chi connectivity index (χ0) is 20.6. The van der Waals surface area contributed by atoms with Crippen molar-refractivity contribution in [2.24, 2.45) is 4.99 Å². The summed E-state index contributed by atoms with van der Waals surface area (Å²) in [5.74, 6) is 1.01. The van der Waals surface area contributed by atoms with E-state index >= 15 is 0 Å². The van der Waals surface area contributed by atoms with Gasteiger partial charge in [-0.1, -0.05) is 12.1 Å². The van der Waals surface area contributed by atoms with Gasteiger partial charge in [0.05, 0.1) is 0 Å². The van der Waals surface area contributed by atoms with Crippen molar-refractivity contribution in [2.45, 2.75) is 64.6 Å². The minimum absolute atomic E-state index is 0.162. The molecule has 0 saturated carbocycles. The highest BCUT2D eigenvalue weighted by Gasteiger charge is 2.21. The maximum Gasteiger partial charge on any atom is 0.253 e. The van der Waals surface area contributed by atoms with Crippen molar-refractivity contribution in [3.63, 3.8) is 0 Å². The number of likely N-dealkylation sites (tertiary alicyclic amines) is 2. The minimum Gasteiger partial charge on any atom is -0.354 e. The average Bonchev–Trinajstić information content (AvgIpc) is 2.77. The van der Waals surface area contributed by atoms with Crippen LogP contribution in [0.25, 0.3) is 0 Å². The van der Waals surface area contributed by atoms with Crippen LogP contribution < -0.4 is 10.6 Å². The Hall–Kier alpha value is -2.08. The molecule has 1 amide bonds. The Morgan fingerprint density at radius 1 is 1.07 bits per heavy atom. The predicted octanol–water partition coefficient (Wildman–Crippen LogP) is 2.85. The number of carbonyl (C=O) groups is 1. The van der Waals surface area contributed by atoms with Crippen molar-refractivity contribution in [1.29, 1.82) is 0 Å². The highest BCUT2D eigenvalue weighted by molar-refractivity contribution is 5.94. The number of carbonyl (C=O) groups excluding carboxylic acids is 1. The van der Waals surface area contributed by atoms with E-state index in [4.69, 9.17) is 0 Å². The Labute approximate surface area is 175 Å². The van der Waals surface area contributed by atoms with Crippen LogP contribution in [0.15, 0.2) is 29.3 Å². The Morgan fingerprint density at radius 2 is 1.72 bits per heavy atom. The summed E-state index contributed by atoms with van der Waals surface area (Å²) in [6.07, 6.45) is 5.77. The zero-order valence-electron chi connectivity index (χ0n) is 18.3. The van der Waals surface area contributed by atoms with Crippen LogP contribution in [0.2, 0.25) is 0 Å². The second-order valence-corrected chi connectivity index (χ2v) is 8.52. The average molecular weight is 400 g/mol. The van der Waals surface area contributed by atoms with Crippen molar-refractivity contribution in [3.05, 3.63) is 35.4 Å². The van der Waals surface area contributed by atoms with Gasteiger partial charge in [0.25, 0.3) is 5.91 Å². The fourth-order valence-electron chi connectivity index (χ4n) is 4.18. The van der Waals surface area contributed by atoms with Crippen LogP contribution in [0.1, 0.15) is 61.9 Å². The number of hydrogen-bond donors (Lipinski definition) is 2. The quantitative estimate of drug-likeness (QED) is 0.590. The summed E-state index contributed by atoms with van der Waals surface area (Å²) in [7, 11) is 1.82. The molecule has 6 nitrogen and oxygen atoms in total. The fraction of sp³-hybridized carbons (Fsp3) is 0.652. The van der Waals surface area contributed by atoms with Gasteiger partial charge in [0, 0.05) is 57.4 Å². The van der Waals surface area contributed by atoms with Gasteiger partial charge in [0.2, 0.25) is 0 Å². The van der Waals surface area contributed by atoms with E-state index in [9.17, 15) is 4.79 Å². The summed E-state index contributed by atoms with van der Waals surface area (Å²) < 4.78 is 0. The monoisotopic (exact) mass is 399 g/mol. The molecule has 29 heavy (non-hydrogen) atoms. The number of aliphatic imine (C=N–C) groups is 1. The number of amides is 1. The van der Waals surface area contributed by atoms with Crippen LogP contribution >= 0.6 is 0 Å². The van der Waals surface area contributed by atoms with Crippen LogP contribution in [-0.2, 0) is 6.54 Å². The van der Waals surface area contributed by atoms with E-state index < -0.39 is 0 Å². The molecule has 6 heteroatoms. The molecular formula is C23H37N5O. The lowest BCUT2D eigenvalue weighted by molar-refractivity contribution is 0.0724. The van der Waals surface area contributed by atoms with E-state index in [1.165, 1.54) is 6.42 Å². The lowest BCUT2D eigenvalue weighted by Gasteiger charge is -2.35. The number of rotatable bonds is 5. The van der Waals surface area contributed by atoms with Gasteiger partial charge < -0.3 is 20.4 Å². The predicted molar refractivity (Wildman–Crippen MR) is 119 cm³/mol. The first kappa shape index (κ1) is 21.6. The Morgan fingerprint density at radius 3 is 2.31 bits per heavy atom. The first-order valence-corrected chi connectivity index (χ1v) is 11.2. The Balaban J connectivity index is 1.45. The molecule has 1 aromatic carbocycles. The lowest BCUT2D eigenvalue weighted by Crippen LogP contribution is -2.49. The summed E-state index contributed by atoms with van der Waals surface area (Å²) in [4.78, 5) is 21.5. The molecule has 0 spiro atoms. The van der Waals surface area contributed by atoms with Gasteiger partial charge in [0.1, 0.15) is 0 Å². The number of nitrogens with one attached hydrogen (secondary N) is 2. The first-order valence-electron chi connectivity index (χ1n) is 11.2. The number of piperidine rings is 2. The maximum atomic E-state index is 12.6. The van der Waals surface area contributed by atoms with E-state index in [0.717, 1.165) is 68.9 Å². The molecule has 0 aromatic heterocycles. The molecule has 0 bridgehead atoms. The number of guanidine groups is 1. The third kappa shape index (κ3) is 6.20. The minimum atomic E-state index is 0.162. The molecule has 0 aliphatic carbocycles. The van der Waals surface area contributed by atoms with Crippen molar-refractivity contribution in [2.75, 3.05) is 33.2 Å². The maximum absolute atomic E-state index is 12.6. The van der Waals surface area contributed by atoms with Crippen molar-refractivity contribution in [1.82, 2.24) is 20.4 Å². The van der Waals surface area contributed by atoms with Gasteiger partial charge in [-0.2, -0.15) is 0 Å². The SMILES string of the molecule is CN=C(NCc1ccc(C(=O)N2CCCCC2)cc1)NC1CCN(C(C)C)CC1. The van der Waals surface area contributed by atoms with Crippen LogP contribution in [0, 0.1) is 0 Å². The largest absolute Gasteiger partial charge is 0.354 e. The van der Waals surface area contributed by atoms with Crippen LogP contribution in [0.5, 0.6) is 0 Å². The van der Waals surface area contributed by atoms with E-state index in [0.29, 0.717) is 18.6 Å². The van der Waals surface area contributed by atoms with Gasteiger partial charge in [-0.25, -0.2) is 0 Å². The van der Waals surface area contributed by atoms with Crippen LogP contribution in [-0.4, -0.2) is 67.0 Å². The standard InChI is InChI=1S/C23H37N5O/c1-18(2)27-15-11-21(12-16-27)26-23(24-3)25-17-19-7-9-20(10-8-19)22(29)28-13-5-4-6-14-28/h7-10,18,21H,4-6,11-17H2,1-3H3,(H2,24,25,26). The first-order chi connectivity index (χ1) is 14.1. The highest BCUT2D eigenvalue weighted by atomic mass is 16.2. The van der Waals surface area contributed by atoms with Gasteiger partial charge in [-0.05, 0) is 63.6 Å². The summed E-state index contributed by atoms with van der Waals surface area (Å²) in [5.41, 5.74) is 1.94. The molecule has 2 aliphatic rings. The van der Waals surface area contributed by atoms with Crippen molar-refractivity contribution >= 4 is 11.9 Å². The summed E-state index contributed by atoms with van der Waals surface area (Å²) >= 11 is 0. The van der Waals surface area contributed by atoms with Gasteiger partial charge in [-0.3, -0.25) is 9.79 Å². The molecule has 3 rings (SSSR count). The summed E-state index contributed by atoms with van der Waals surface area (Å²) in [6.45, 7) is 9.28. The zero-order valence-corrected chi connectivity index (χ0v) is 18.3. The highest BCUT2D eigenvalue weighted by Crippen LogP contribution is 2.15. The van der Waals surface area contributed by atoms with Gasteiger partial charge in [-0.15, -0.1) is 0 Å². The molecule has 2 saturated heterocycles. The molecule has 2 N–H and O–H groups in total. The lowest BCUT2D eigenvalue weighted by atomic mass is 10.0. The molecule has 2 aliphatic heterocycles. The molecule has 2 fully saturated rings. The van der Waals surface area contributed by atoms with Gasteiger partial charge in [0.15, 0.2) is 5.96 Å². The molecular weight excluding hydrogens is 362 g/mol. The third-order valence-corrected chi connectivity index (χ3v) is 6.13. The van der Waals surface area contributed by atoms with E-state index in [1.807, 2.05) is 36.2 Å². The normalized spacial score (nSPS) is 19.4. The Bertz CT molecular complexity index is 671. The van der Waals surface area contributed by atoms with E-state index in [2.05, 4.69) is 34.4 Å². The number of hydrogen-bond acceptors (Lipinski definition) is 3. The van der Waals surface area contributed by atoms with E-state index in [1.54, 1.807) is 0 Å². The molecule has 0 atom stereocenters. The molecule has 0 unspecified atom stereocenters. The van der Waals surface area contributed by atoms with Crippen LogP contribution in [0.4, 0.5) is 0 Å². The van der Waals surface area contributed by atoms with Gasteiger partial charge >= 0.3 is 0 Å². The van der Waals surface area contributed by atoms with Crippen LogP contribution in [0.3, 0.4) is 0 Å². The topological polar surface area (TPSA) is 60.0 Å². The van der Waals surface area contributed by atoms with Crippen molar-refractivity contribution < 1.29 is 4.79 Å². The molecule has 160 valence electrons. The third-order valence-electron chi connectivity index (χ3n) is 6.13. The molecule has 1 aromatic rings. The smallest absolute Gasteiger partial charge is 0.253 e. The van der Waals surface area contributed by atoms with E-state index in [-0.39, 0.29) is 5.91 Å².